The van der Waals surface area contributed by atoms with Gasteiger partial charge >= 0.3 is 0 Å². The molecule has 0 aliphatic carbocycles. The number of carbonyl (C=O) groups is 1. The van der Waals surface area contributed by atoms with Crippen molar-refractivity contribution < 1.29 is 9.53 Å². The average Bonchev–Trinajstić information content (AvgIpc) is 2.32. The quantitative estimate of drug-likeness (QED) is 0.708. The Morgan fingerprint density at radius 2 is 2.00 bits per heavy atom. The van der Waals surface area contributed by atoms with Gasteiger partial charge in [-0.2, -0.15) is 0 Å². The smallest absolute Gasteiger partial charge is 0.234 e. The van der Waals surface area contributed by atoms with Crippen LogP contribution in [0.3, 0.4) is 0 Å². The van der Waals surface area contributed by atoms with Gasteiger partial charge in [-0.3, -0.25) is 10.2 Å². The minimum absolute atomic E-state index is 0.0263. The van der Waals surface area contributed by atoms with Gasteiger partial charge in [0.2, 0.25) is 5.91 Å². The maximum atomic E-state index is 11.2. The molecule has 0 aliphatic heterocycles. The highest BCUT2D eigenvalue weighted by atomic mass is 16.5. The molecule has 0 saturated carbocycles. The van der Waals surface area contributed by atoms with Crippen LogP contribution in [0.15, 0.2) is 24.3 Å². The van der Waals surface area contributed by atoms with E-state index in [1.807, 2.05) is 31.2 Å². The Kier molecular flexibility index (Phi) is 6.10. The molecule has 0 aromatic heterocycles. The molecule has 4 nitrogen and oxygen atoms in total. The van der Waals surface area contributed by atoms with Crippen LogP contribution in [0.4, 0.5) is 0 Å². The third-order valence-corrected chi connectivity index (χ3v) is 2.37. The highest BCUT2D eigenvalue weighted by Crippen LogP contribution is 2.13. The van der Waals surface area contributed by atoms with E-state index in [0.29, 0.717) is 13.0 Å². The van der Waals surface area contributed by atoms with E-state index in [-0.39, 0.29) is 5.91 Å². The minimum Gasteiger partial charge on any atom is -0.494 e. The number of hydrazine groups is 1. The molecule has 94 valence electrons. The second-order valence-corrected chi connectivity index (χ2v) is 3.73. The Morgan fingerprint density at radius 1 is 1.29 bits per heavy atom. The Hall–Kier alpha value is -1.55. The number of rotatable bonds is 7. The minimum atomic E-state index is 0.0263. The van der Waals surface area contributed by atoms with E-state index in [1.165, 1.54) is 5.56 Å². The lowest BCUT2D eigenvalue weighted by atomic mass is 10.1. The van der Waals surface area contributed by atoms with E-state index in [1.54, 1.807) is 7.05 Å². The molecular weight excluding hydrogens is 216 g/mol. The first-order valence-electron chi connectivity index (χ1n) is 5.93. The van der Waals surface area contributed by atoms with Gasteiger partial charge in [0.1, 0.15) is 5.75 Å². The van der Waals surface area contributed by atoms with Crippen molar-refractivity contribution in [2.24, 2.45) is 0 Å². The SMILES string of the molecule is CCOc1ccc(CCCC(=O)NNC)cc1. The van der Waals surface area contributed by atoms with Gasteiger partial charge in [0.25, 0.3) is 0 Å². The Morgan fingerprint density at radius 3 is 2.59 bits per heavy atom. The number of hydrogen-bond acceptors (Lipinski definition) is 3. The molecule has 4 heteroatoms. The highest BCUT2D eigenvalue weighted by molar-refractivity contribution is 5.75. The number of ether oxygens (including phenoxy) is 1. The van der Waals surface area contributed by atoms with Crippen LogP contribution in [-0.4, -0.2) is 19.6 Å². The Balaban J connectivity index is 2.29. The zero-order valence-corrected chi connectivity index (χ0v) is 10.5. The van der Waals surface area contributed by atoms with Crippen LogP contribution >= 0.6 is 0 Å². The molecular formula is C13H20N2O2. The van der Waals surface area contributed by atoms with Crippen LogP contribution < -0.4 is 15.6 Å². The molecule has 0 aliphatic rings. The highest BCUT2D eigenvalue weighted by Gasteiger charge is 2.00. The maximum Gasteiger partial charge on any atom is 0.234 e. The molecule has 0 atom stereocenters. The summed E-state index contributed by atoms with van der Waals surface area (Å²) in [6.07, 6.45) is 2.29. The molecule has 1 aromatic carbocycles. The van der Waals surface area contributed by atoms with Crippen molar-refractivity contribution in [2.75, 3.05) is 13.7 Å². The first-order valence-corrected chi connectivity index (χ1v) is 5.93. The van der Waals surface area contributed by atoms with E-state index in [0.717, 1.165) is 18.6 Å². The monoisotopic (exact) mass is 236 g/mol. The van der Waals surface area contributed by atoms with Crippen LogP contribution in [0, 0.1) is 0 Å². The predicted octanol–water partition coefficient (Wildman–Crippen LogP) is 1.66. The fraction of sp³-hybridized carbons (Fsp3) is 0.462. The number of nitrogens with one attached hydrogen (secondary N) is 2. The summed E-state index contributed by atoms with van der Waals surface area (Å²) < 4.78 is 5.36. The molecule has 1 aromatic rings. The second kappa shape index (κ2) is 7.68. The number of carbonyl (C=O) groups excluding carboxylic acids is 1. The number of benzene rings is 1. The molecule has 0 saturated heterocycles. The van der Waals surface area contributed by atoms with Crippen LogP contribution in [0.2, 0.25) is 0 Å². The molecule has 17 heavy (non-hydrogen) atoms. The molecule has 1 rings (SSSR count). The predicted molar refractivity (Wildman–Crippen MR) is 67.8 cm³/mol. The molecule has 0 unspecified atom stereocenters. The summed E-state index contributed by atoms with van der Waals surface area (Å²) in [7, 11) is 1.68. The normalized spacial score (nSPS) is 10.0. The van der Waals surface area contributed by atoms with Gasteiger partial charge in [-0.1, -0.05) is 12.1 Å². The summed E-state index contributed by atoms with van der Waals surface area (Å²) in [6.45, 7) is 2.65. The van der Waals surface area contributed by atoms with E-state index in [2.05, 4.69) is 10.9 Å². The topological polar surface area (TPSA) is 50.4 Å². The van der Waals surface area contributed by atoms with Gasteiger partial charge in [-0.25, -0.2) is 5.43 Å². The molecule has 2 N–H and O–H groups in total. The van der Waals surface area contributed by atoms with Gasteiger partial charge in [-0.05, 0) is 37.5 Å². The summed E-state index contributed by atoms with van der Waals surface area (Å²) in [5.41, 5.74) is 6.40. The summed E-state index contributed by atoms with van der Waals surface area (Å²) in [5.74, 6) is 0.919. The lowest BCUT2D eigenvalue weighted by molar-refractivity contribution is -0.122. The van der Waals surface area contributed by atoms with Crippen LogP contribution in [0.5, 0.6) is 5.75 Å². The van der Waals surface area contributed by atoms with Crippen molar-refractivity contribution in [1.29, 1.82) is 0 Å². The zero-order chi connectivity index (χ0) is 12.5. The Bertz CT molecular complexity index is 336. The summed E-state index contributed by atoms with van der Waals surface area (Å²) in [4.78, 5) is 11.2. The summed E-state index contributed by atoms with van der Waals surface area (Å²) >= 11 is 0. The standard InChI is InChI=1S/C13H20N2O2/c1-3-17-12-9-7-11(8-10-12)5-4-6-13(16)15-14-2/h7-10,14H,3-6H2,1-2H3,(H,15,16). The van der Waals surface area contributed by atoms with Crippen LogP contribution in [0.25, 0.3) is 0 Å². The molecule has 0 radical (unpaired) electrons. The fourth-order valence-corrected chi connectivity index (χ4v) is 1.57. The third-order valence-electron chi connectivity index (χ3n) is 2.37. The van der Waals surface area contributed by atoms with Gasteiger partial charge in [-0.15, -0.1) is 0 Å². The summed E-state index contributed by atoms with van der Waals surface area (Å²) in [5, 5.41) is 0. The van der Waals surface area contributed by atoms with Crippen molar-refractivity contribution in [3.05, 3.63) is 29.8 Å². The first kappa shape index (κ1) is 13.5. The number of hydrogen-bond donors (Lipinski definition) is 2. The summed E-state index contributed by atoms with van der Waals surface area (Å²) in [6, 6.07) is 8.01. The number of amides is 1. The maximum absolute atomic E-state index is 11.2. The van der Waals surface area contributed by atoms with E-state index in [4.69, 9.17) is 4.74 Å². The van der Waals surface area contributed by atoms with Crippen LogP contribution in [-0.2, 0) is 11.2 Å². The van der Waals surface area contributed by atoms with Gasteiger partial charge in [0, 0.05) is 13.5 Å². The molecule has 0 heterocycles. The van der Waals surface area contributed by atoms with E-state index < -0.39 is 0 Å². The van der Waals surface area contributed by atoms with Gasteiger partial charge in [0.05, 0.1) is 6.61 Å². The van der Waals surface area contributed by atoms with Crippen molar-refractivity contribution >= 4 is 5.91 Å². The van der Waals surface area contributed by atoms with Crippen molar-refractivity contribution in [1.82, 2.24) is 10.9 Å². The molecule has 0 spiro atoms. The van der Waals surface area contributed by atoms with E-state index >= 15 is 0 Å². The fourth-order valence-electron chi connectivity index (χ4n) is 1.57. The third kappa shape index (κ3) is 5.36. The van der Waals surface area contributed by atoms with Crippen molar-refractivity contribution in [2.45, 2.75) is 26.2 Å². The van der Waals surface area contributed by atoms with Crippen molar-refractivity contribution in [3.8, 4) is 5.75 Å². The zero-order valence-electron chi connectivity index (χ0n) is 10.5. The first-order chi connectivity index (χ1) is 8.26. The lowest BCUT2D eigenvalue weighted by Gasteiger charge is -2.05. The molecule has 1 amide bonds. The largest absolute Gasteiger partial charge is 0.494 e. The average molecular weight is 236 g/mol. The number of aryl methyl sites for hydroxylation is 1. The lowest BCUT2D eigenvalue weighted by Crippen LogP contribution is -2.33. The van der Waals surface area contributed by atoms with E-state index in [9.17, 15) is 4.79 Å². The van der Waals surface area contributed by atoms with Gasteiger partial charge < -0.3 is 4.74 Å². The van der Waals surface area contributed by atoms with Crippen molar-refractivity contribution in [3.63, 3.8) is 0 Å². The van der Waals surface area contributed by atoms with Gasteiger partial charge in [0.15, 0.2) is 0 Å². The Labute approximate surface area is 102 Å². The molecule has 0 bridgehead atoms. The van der Waals surface area contributed by atoms with Crippen LogP contribution in [0.1, 0.15) is 25.3 Å². The second-order valence-electron chi connectivity index (χ2n) is 3.73. The molecule has 0 fully saturated rings.